The molecule has 0 fully saturated rings. The Hall–Kier alpha value is -2.03. The summed E-state index contributed by atoms with van der Waals surface area (Å²) in [4.78, 5) is 11.5. The Kier molecular flexibility index (Phi) is 3.28. The molecule has 0 saturated carbocycles. The van der Waals surface area contributed by atoms with Crippen LogP contribution in [0.15, 0.2) is 48.8 Å². The summed E-state index contributed by atoms with van der Waals surface area (Å²) in [6, 6.07) is 11.8. The number of anilines is 1. The minimum Gasteiger partial charge on any atom is -0.326 e. The van der Waals surface area contributed by atoms with Gasteiger partial charge in [0.15, 0.2) is 0 Å². The fourth-order valence-electron chi connectivity index (χ4n) is 1.51. The van der Waals surface area contributed by atoms with Crippen LogP contribution in [-0.2, 0) is 4.79 Å². The number of nitrogens with zero attached hydrogens (tertiary/aromatic N) is 1. The van der Waals surface area contributed by atoms with E-state index in [2.05, 4.69) is 5.32 Å². The van der Waals surface area contributed by atoms with Gasteiger partial charge in [0.05, 0.1) is 0 Å². The van der Waals surface area contributed by atoms with Gasteiger partial charge in [-0.3, -0.25) is 4.79 Å². The lowest BCUT2D eigenvalue weighted by Crippen LogP contribution is -2.17. The number of aromatic nitrogens is 1. The first kappa shape index (κ1) is 11.5. The lowest BCUT2D eigenvalue weighted by Gasteiger charge is -2.08. The zero-order chi connectivity index (χ0) is 12.3. The molecule has 1 aromatic heterocycles. The zero-order valence-electron chi connectivity index (χ0n) is 10.1. The Labute approximate surface area is 101 Å². The van der Waals surface area contributed by atoms with Crippen molar-refractivity contribution in [1.82, 2.24) is 4.57 Å². The molecular formula is C14H16N2O. The van der Waals surface area contributed by atoms with E-state index in [1.165, 1.54) is 0 Å². The largest absolute Gasteiger partial charge is 0.326 e. The van der Waals surface area contributed by atoms with Crippen LogP contribution in [0.3, 0.4) is 0 Å². The summed E-state index contributed by atoms with van der Waals surface area (Å²) >= 11 is 0. The molecule has 0 aliphatic carbocycles. The molecular weight excluding hydrogens is 212 g/mol. The molecule has 0 aliphatic heterocycles. The maximum absolute atomic E-state index is 11.5. The first-order valence-electron chi connectivity index (χ1n) is 5.71. The van der Waals surface area contributed by atoms with E-state index in [1.807, 2.05) is 67.2 Å². The number of carbonyl (C=O) groups excluding carboxylic acids is 1. The summed E-state index contributed by atoms with van der Waals surface area (Å²) in [5.74, 6) is 0.0397. The maximum Gasteiger partial charge on any atom is 0.226 e. The van der Waals surface area contributed by atoms with Crippen molar-refractivity contribution in [2.45, 2.75) is 13.8 Å². The summed E-state index contributed by atoms with van der Waals surface area (Å²) in [6.07, 6.45) is 3.98. The molecule has 0 aliphatic rings. The van der Waals surface area contributed by atoms with Gasteiger partial charge in [0, 0.05) is 29.7 Å². The second kappa shape index (κ2) is 4.87. The third-order valence-electron chi connectivity index (χ3n) is 2.56. The molecule has 2 rings (SSSR count). The normalized spacial score (nSPS) is 10.5. The molecule has 1 amide bonds. The van der Waals surface area contributed by atoms with Gasteiger partial charge in [-0.15, -0.1) is 0 Å². The molecule has 0 unspecified atom stereocenters. The van der Waals surface area contributed by atoms with Crippen molar-refractivity contribution in [3.8, 4) is 5.69 Å². The number of rotatable bonds is 3. The summed E-state index contributed by atoms with van der Waals surface area (Å²) in [5, 5.41) is 2.87. The highest BCUT2D eigenvalue weighted by Crippen LogP contribution is 2.14. The minimum absolute atomic E-state index is 0.000810. The standard InChI is InChI=1S/C14H16N2O/c1-11(2)14(17)15-12-5-7-13(8-6-12)16-9-3-4-10-16/h3-11H,1-2H3,(H,15,17). The van der Waals surface area contributed by atoms with Crippen molar-refractivity contribution in [3.63, 3.8) is 0 Å². The molecule has 88 valence electrons. The highest BCUT2D eigenvalue weighted by Gasteiger charge is 2.06. The zero-order valence-corrected chi connectivity index (χ0v) is 10.1. The molecule has 0 atom stereocenters. The van der Waals surface area contributed by atoms with Gasteiger partial charge in [-0.25, -0.2) is 0 Å². The highest BCUT2D eigenvalue weighted by molar-refractivity contribution is 5.92. The Bertz CT molecular complexity index is 483. The predicted octanol–water partition coefficient (Wildman–Crippen LogP) is 3.07. The first-order chi connectivity index (χ1) is 8.16. The van der Waals surface area contributed by atoms with E-state index in [1.54, 1.807) is 0 Å². The Morgan fingerprint density at radius 1 is 1.12 bits per heavy atom. The molecule has 0 saturated heterocycles. The second-order valence-corrected chi connectivity index (χ2v) is 4.28. The van der Waals surface area contributed by atoms with E-state index in [4.69, 9.17) is 0 Å². The van der Waals surface area contributed by atoms with Gasteiger partial charge in [0.25, 0.3) is 0 Å². The van der Waals surface area contributed by atoms with Gasteiger partial charge in [0.2, 0.25) is 5.91 Å². The molecule has 3 heteroatoms. The average Bonchev–Trinajstić information content (AvgIpc) is 2.83. The third-order valence-corrected chi connectivity index (χ3v) is 2.56. The Morgan fingerprint density at radius 2 is 1.71 bits per heavy atom. The van der Waals surface area contributed by atoms with Gasteiger partial charge in [-0.2, -0.15) is 0 Å². The van der Waals surface area contributed by atoms with Crippen LogP contribution in [0, 0.1) is 5.92 Å². The summed E-state index contributed by atoms with van der Waals surface area (Å²) < 4.78 is 2.02. The van der Waals surface area contributed by atoms with Gasteiger partial charge in [-0.1, -0.05) is 13.8 Å². The van der Waals surface area contributed by atoms with Gasteiger partial charge < -0.3 is 9.88 Å². The topological polar surface area (TPSA) is 34.0 Å². The van der Waals surface area contributed by atoms with Crippen LogP contribution in [0.25, 0.3) is 5.69 Å². The summed E-state index contributed by atoms with van der Waals surface area (Å²) in [7, 11) is 0. The quantitative estimate of drug-likeness (QED) is 0.860. The van der Waals surface area contributed by atoms with Crippen molar-refractivity contribution in [3.05, 3.63) is 48.8 Å². The SMILES string of the molecule is CC(C)C(=O)Nc1ccc(-n2cccc2)cc1. The van der Waals surface area contributed by atoms with Crippen LogP contribution in [0.4, 0.5) is 5.69 Å². The smallest absolute Gasteiger partial charge is 0.226 e. The number of carbonyl (C=O) groups is 1. The molecule has 1 aromatic carbocycles. The lowest BCUT2D eigenvalue weighted by molar-refractivity contribution is -0.118. The second-order valence-electron chi connectivity index (χ2n) is 4.28. The number of nitrogens with one attached hydrogen (secondary N) is 1. The molecule has 2 aromatic rings. The van der Waals surface area contributed by atoms with E-state index in [9.17, 15) is 4.79 Å². The monoisotopic (exact) mass is 228 g/mol. The van der Waals surface area contributed by atoms with Gasteiger partial charge >= 0.3 is 0 Å². The van der Waals surface area contributed by atoms with Crippen molar-refractivity contribution in [1.29, 1.82) is 0 Å². The Morgan fingerprint density at radius 3 is 2.24 bits per heavy atom. The van der Waals surface area contributed by atoms with E-state index in [0.717, 1.165) is 11.4 Å². The molecule has 1 heterocycles. The molecule has 0 spiro atoms. The number of hydrogen-bond acceptors (Lipinski definition) is 1. The molecule has 1 N–H and O–H groups in total. The van der Waals surface area contributed by atoms with Crippen LogP contribution >= 0.6 is 0 Å². The molecule has 17 heavy (non-hydrogen) atoms. The molecule has 3 nitrogen and oxygen atoms in total. The van der Waals surface area contributed by atoms with Crippen molar-refractivity contribution in [2.24, 2.45) is 5.92 Å². The number of hydrogen-bond donors (Lipinski definition) is 1. The van der Waals surface area contributed by atoms with Crippen LogP contribution in [0.2, 0.25) is 0 Å². The van der Waals surface area contributed by atoms with Crippen molar-refractivity contribution < 1.29 is 4.79 Å². The predicted molar refractivity (Wildman–Crippen MR) is 69.2 cm³/mol. The van der Waals surface area contributed by atoms with Gasteiger partial charge in [0.1, 0.15) is 0 Å². The lowest BCUT2D eigenvalue weighted by atomic mass is 10.2. The van der Waals surface area contributed by atoms with Crippen molar-refractivity contribution in [2.75, 3.05) is 5.32 Å². The summed E-state index contributed by atoms with van der Waals surface area (Å²) in [6.45, 7) is 3.76. The number of amides is 1. The number of benzene rings is 1. The molecule has 0 radical (unpaired) electrons. The minimum atomic E-state index is -0.000810. The first-order valence-corrected chi connectivity index (χ1v) is 5.71. The Balaban J connectivity index is 2.11. The maximum atomic E-state index is 11.5. The van der Waals surface area contributed by atoms with E-state index in [0.29, 0.717) is 0 Å². The van der Waals surface area contributed by atoms with Crippen molar-refractivity contribution >= 4 is 11.6 Å². The third kappa shape index (κ3) is 2.75. The fraction of sp³-hybridized carbons (Fsp3) is 0.214. The van der Waals surface area contributed by atoms with Crippen LogP contribution in [-0.4, -0.2) is 10.5 Å². The van der Waals surface area contributed by atoms with Crippen LogP contribution < -0.4 is 5.32 Å². The fourth-order valence-corrected chi connectivity index (χ4v) is 1.51. The van der Waals surface area contributed by atoms with Gasteiger partial charge in [-0.05, 0) is 36.4 Å². The van der Waals surface area contributed by atoms with E-state index in [-0.39, 0.29) is 11.8 Å². The average molecular weight is 228 g/mol. The van der Waals surface area contributed by atoms with Crippen LogP contribution in [0.5, 0.6) is 0 Å². The van der Waals surface area contributed by atoms with E-state index < -0.39 is 0 Å². The molecule has 0 bridgehead atoms. The van der Waals surface area contributed by atoms with E-state index >= 15 is 0 Å². The highest BCUT2D eigenvalue weighted by atomic mass is 16.1. The van der Waals surface area contributed by atoms with Crippen LogP contribution in [0.1, 0.15) is 13.8 Å². The summed E-state index contributed by atoms with van der Waals surface area (Å²) in [5.41, 5.74) is 1.91.